The molecule has 1 N–H and O–H groups in total. The third-order valence-corrected chi connectivity index (χ3v) is 2.80. The first-order valence-electron chi connectivity index (χ1n) is 5.84. The van der Waals surface area contributed by atoms with Crippen molar-refractivity contribution in [3.05, 3.63) is 29.6 Å². The predicted octanol–water partition coefficient (Wildman–Crippen LogP) is 1.23. The number of hydrogen-bond acceptors (Lipinski definition) is 3. The fraction of sp³-hybridized carbons (Fsp3) is 0.462. The van der Waals surface area contributed by atoms with Crippen molar-refractivity contribution in [2.45, 2.75) is 13.5 Å². The average molecular weight is 254 g/mol. The second-order valence-electron chi connectivity index (χ2n) is 4.20. The Hall–Kier alpha value is -1.62. The summed E-state index contributed by atoms with van der Waals surface area (Å²) in [7, 11) is 3.35. The van der Waals surface area contributed by atoms with Gasteiger partial charge in [0.15, 0.2) is 0 Å². The van der Waals surface area contributed by atoms with Gasteiger partial charge in [-0.15, -0.1) is 0 Å². The van der Waals surface area contributed by atoms with Gasteiger partial charge in [-0.3, -0.25) is 4.79 Å². The normalized spacial score (nSPS) is 10.3. The van der Waals surface area contributed by atoms with Gasteiger partial charge in [-0.25, -0.2) is 4.39 Å². The molecule has 1 aromatic carbocycles. The number of halogens is 1. The zero-order valence-electron chi connectivity index (χ0n) is 11.0. The number of carbonyl (C=O) groups excluding carboxylic acids is 1. The molecule has 0 atom stereocenters. The van der Waals surface area contributed by atoms with Crippen molar-refractivity contribution in [1.29, 1.82) is 0 Å². The van der Waals surface area contributed by atoms with Gasteiger partial charge < -0.3 is 14.9 Å². The molecule has 0 spiro atoms. The number of aliphatic hydroxyl groups excluding tert-OH is 1. The summed E-state index contributed by atoms with van der Waals surface area (Å²) in [5.41, 5.74) is 0.793. The second-order valence-corrected chi connectivity index (χ2v) is 4.20. The molecule has 100 valence electrons. The molecule has 0 aliphatic carbocycles. The van der Waals surface area contributed by atoms with Crippen LogP contribution >= 0.6 is 0 Å². The van der Waals surface area contributed by atoms with Gasteiger partial charge in [0.2, 0.25) is 5.91 Å². The molecule has 0 aliphatic rings. The third kappa shape index (κ3) is 3.20. The Labute approximate surface area is 107 Å². The van der Waals surface area contributed by atoms with Crippen molar-refractivity contribution in [1.82, 2.24) is 4.90 Å². The fourth-order valence-corrected chi connectivity index (χ4v) is 1.67. The Bertz CT molecular complexity index is 421. The van der Waals surface area contributed by atoms with E-state index in [4.69, 9.17) is 0 Å². The molecule has 1 aromatic rings. The minimum atomic E-state index is -0.453. The number of hydrogen-bond donors (Lipinski definition) is 1. The van der Waals surface area contributed by atoms with Crippen LogP contribution in [0, 0.1) is 5.82 Å². The highest BCUT2D eigenvalue weighted by Gasteiger charge is 2.16. The third-order valence-electron chi connectivity index (χ3n) is 2.80. The van der Waals surface area contributed by atoms with E-state index in [2.05, 4.69) is 0 Å². The van der Waals surface area contributed by atoms with Crippen LogP contribution in [0.2, 0.25) is 0 Å². The summed E-state index contributed by atoms with van der Waals surface area (Å²) in [6.45, 7) is 2.24. The zero-order valence-corrected chi connectivity index (χ0v) is 11.0. The standard InChI is InChI=1S/C13H19FN2O2/c1-4-16(8-13(18)15(2)3)12-7-5-6-11(14)10(12)9-17/h5-7,17H,4,8-9H2,1-3H3. The topological polar surface area (TPSA) is 43.8 Å². The molecule has 5 heteroatoms. The highest BCUT2D eigenvalue weighted by molar-refractivity contribution is 5.81. The number of aliphatic hydroxyl groups is 1. The van der Waals surface area contributed by atoms with Crippen molar-refractivity contribution in [3.8, 4) is 0 Å². The van der Waals surface area contributed by atoms with Crippen molar-refractivity contribution in [3.63, 3.8) is 0 Å². The minimum Gasteiger partial charge on any atom is -0.391 e. The lowest BCUT2D eigenvalue weighted by Crippen LogP contribution is -2.37. The molecule has 0 aromatic heterocycles. The highest BCUT2D eigenvalue weighted by atomic mass is 19.1. The van der Waals surface area contributed by atoms with Crippen LogP contribution < -0.4 is 4.90 Å². The van der Waals surface area contributed by atoms with E-state index in [1.54, 1.807) is 31.1 Å². The number of amides is 1. The van der Waals surface area contributed by atoms with Crippen LogP contribution in [0.3, 0.4) is 0 Å². The lowest BCUT2D eigenvalue weighted by molar-refractivity contribution is -0.127. The fourth-order valence-electron chi connectivity index (χ4n) is 1.67. The molecule has 0 saturated carbocycles. The maximum atomic E-state index is 13.6. The predicted molar refractivity (Wildman–Crippen MR) is 68.9 cm³/mol. The van der Waals surface area contributed by atoms with Gasteiger partial charge in [0.1, 0.15) is 5.82 Å². The van der Waals surface area contributed by atoms with Gasteiger partial charge in [0.25, 0.3) is 0 Å². The van der Waals surface area contributed by atoms with Gasteiger partial charge in [0, 0.05) is 31.9 Å². The summed E-state index contributed by atoms with van der Waals surface area (Å²) in [5.74, 6) is -0.518. The summed E-state index contributed by atoms with van der Waals surface area (Å²) in [4.78, 5) is 14.9. The molecule has 0 saturated heterocycles. The lowest BCUT2D eigenvalue weighted by Gasteiger charge is -2.26. The van der Waals surface area contributed by atoms with E-state index in [-0.39, 0.29) is 24.6 Å². The Morgan fingerprint density at radius 1 is 1.39 bits per heavy atom. The average Bonchev–Trinajstić information content (AvgIpc) is 2.35. The van der Waals surface area contributed by atoms with Crippen LogP contribution in [0.4, 0.5) is 10.1 Å². The van der Waals surface area contributed by atoms with Crippen LogP contribution in [0.15, 0.2) is 18.2 Å². The Balaban J connectivity index is 3.02. The Kier molecular flexibility index (Phi) is 5.09. The quantitative estimate of drug-likeness (QED) is 0.859. The molecule has 0 fully saturated rings. The Morgan fingerprint density at radius 3 is 2.56 bits per heavy atom. The maximum Gasteiger partial charge on any atom is 0.241 e. The molecular weight excluding hydrogens is 235 g/mol. The molecule has 0 bridgehead atoms. The first-order chi connectivity index (χ1) is 8.51. The van der Waals surface area contributed by atoms with Crippen LogP contribution in [0.1, 0.15) is 12.5 Å². The molecule has 1 amide bonds. The largest absolute Gasteiger partial charge is 0.391 e. The smallest absolute Gasteiger partial charge is 0.241 e. The summed E-state index contributed by atoms with van der Waals surface area (Å²) in [6, 6.07) is 4.59. The van der Waals surface area contributed by atoms with Gasteiger partial charge in [-0.05, 0) is 19.1 Å². The van der Waals surface area contributed by atoms with Gasteiger partial charge >= 0.3 is 0 Å². The SMILES string of the molecule is CCN(CC(=O)N(C)C)c1cccc(F)c1CO. The zero-order chi connectivity index (χ0) is 13.7. The van der Waals surface area contributed by atoms with Crippen molar-refractivity contribution in [2.24, 2.45) is 0 Å². The summed E-state index contributed by atoms with van der Waals surface area (Å²) in [5, 5.41) is 9.22. The second kappa shape index (κ2) is 6.35. The summed E-state index contributed by atoms with van der Waals surface area (Å²) >= 11 is 0. The van der Waals surface area contributed by atoms with E-state index >= 15 is 0 Å². The summed E-state index contributed by atoms with van der Waals surface area (Å²) < 4.78 is 13.6. The van der Waals surface area contributed by atoms with Crippen molar-refractivity contribution >= 4 is 11.6 Å². The molecule has 0 unspecified atom stereocenters. The van der Waals surface area contributed by atoms with E-state index in [0.29, 0.717) is 12.2 Å². The molecule has 4 nitrogen and oxygen atoms in total. The van der Waals surface area contributed by atoms with Gasteiger partial charge in [-0.2, -0.15) is 0 Å². The van der Waals surface area contributed by atoms with Crippen molar-refractivity contribution < 1.29 is 14.3 Å². The number of carbonyl (C=O) groups is 1. The molecule has 1 rings (SSSR count). The number of rotatable bonds is 5. The van der Waals surface area contributed by atoms with E-state index in [0.717, 1.165) is 0 Å². The lowest BCUT2D eigenvalue weighted by atomic mass is 10.1. The monoisotopic (exact) mass is 254 g/mol. The number of nitrogens with zero attached hydrogens (tertiary/aromatic N) is 2. The summed E-state index contributed by atoms with van der Waals surface area (Å²) in [6.07, 6.45) is 0. The first-order valence-corrected chi connectivity index (χ1v) is 5.84. The van der Waals surface area contributed by atoms with Crippen LogP contribution in [-0.2, 0) is 11.4 Å². The van der Waals surface area contributed by atoms with E-state index in [1.807, 2.05) is 6.92 Å². The first kappa shape index (κ1) is 14.4. The van der Waals surface area contributed by atoms with Gasteiger partial charge in [0.05, 0.1) is 13.2 Å². The van der Waals surface area contributed by atoms with E-state index in [1.165, 1.54) is 11.0 Å². The van der Waals surface area contributed by atoms with Gasteiger partial charge in [-0.1, -0.05) is 6.07 Å². The molecule has 0 heterocycles. The minimum absolute atomic E-state index is 0.0648. The number of likely N-dealkylation sites (N-methyl/N-ethyl adjacent to an activating group) is 2. The number of anilines is 1. The van der Waals surface area contributed by atoms with E-state index in [9.17, 15) is 14.3 Å². The van der Waals surface area contributed by atoms with Crippen LogP contribution in [-0.4, -0.2) is 43.1 Å². The van der Waals surface area contributed by atoms with Crippen LogP contribution in [0.5, 0.6) is 0 Å². The molecular formula is C13H19FN2O2. The Morgan fingerprint density at radius 2 is 2.06 bits per heavy atom. The number of benzene rings is 1. The highest BCUT2D eigenvalue weighted by Crippen LogP contribution is 2.23. The molecule has 18 heavy (non-hydrogen) atoms. The molecule has 0 aliphatic heterocycles. The van der Waals surface area contributed by atoms with E-state index < -0.39 is 5.82 Å². The van der Waals surface area contributed by atoms with Crippen molar-refractivity contribution in [2.75, 3.05) is 32.1 Å². The van der Waals surface area contributed by atoms with Crippen LogP contribution in [0.25, 0.3) is 0 Å². The molecule has 0 radical (unpaired) electrons. The maximum absolute atomic E-state index is 13.6.